The van der Waals surface area contributed by atoms with Crippen molar-refractivity contribution >= 4 is 35.6 Å². The number of nitrogens with one attached hydrogen (secondary N) is 1. The lowest BCUT2D eigenvalue weighted by Gasteiger charge is -2.37. The third-order valence-corrected chi connectivity index (χ3v) is 5.32. The second-order valence-electron chi connectivity index (χ2n) is 7.16. The number of halogens is 1. The number of phenols is 1. The summed E-state index contributed by atoms with van der Waals surface area (Å²) >= 11 is 0. The van der Waals surface area contributed by atoms with Crippen molar-refractivity contribution in [2.45, 2.75) is 6.42 Å². The summed E-state index contributed by atoms with van der Waals surface area (Å²) < 4.78 is 11.2. The van der Waals surface area contributed by atoms with Crippen molar-refractivity contribution in [3.05, 3.63) is 48.0 Å². The predicted octanol–water partition coefficient (Wildman–Crippen LogP) is 2.72. The highest BCUT2D eigenvalue weighted by atomic mass is 127. The number of phenolic OH excluding ortho intramolecular Hbond substituents is 1. The monoisotopic (exact) mass is 524 g/mol. The lowest BCUT2D eigenvalue weighted by molar-refractivity contribution is 0.171. The van der Waals surface area contributed by atoms with E-state index in [1.165, 1.54) is 5.56 Å². The second kappa shape index (κ2) is 10.6. The zero-order valence-electron chi connectivity index (χ0n) is 17.2. The summed E-state index contributed by atoms with van der Waals surface area (Å²) in [5.74, 6) is 2.91. The van der Waals surface area contributed by atoms with Crippen LogP contribution in [-0.4, -0.2) is 69.0 Å². The molecule has 2 heterocycles. The van der Waals surface area contributed by atoms with E-state index in [-0.39, 0.29) is 24.0 Å². The molecular formula is C22H29IN4O3. The van der Waals surface area contributed by atoms with E-state index in [0.29, 0.717) is 19.0 Å². The Bertz CT molecular complexity index is 869. The second-order valence-corrected chi connectivity index (χ2v) is 7.16. The van der Waals surface area contributed by atoms with Gasteiger partial charge in [-0.1, -0.05) is 18.2 Å². The van der Waals surface area contributed by atoms with Gasteiger partial charge in [-0.3, -0.25) is 4.99 Å². The fourth-order valence-corrected chi connectivity index (χ4v) is 3.78. The Morgan fingerprint density at radius 1 is 1.03 bits per heavy atom. The molecule has 1 fully saturated rings. The number of fused-ring (bicyclic) bond motifs is 1. The van der Waals surface area contributed by atoms with Crippen LogP contribution < -0.4 is 19.7 Å². The molecule has 0 aliphatic carbocycles. The standard InChI is InChI=1S/C22H28N4O3.HI/c1-23-22(24-9-8-17-6-7-20-21(16-17)29-15-14-28-20)26-12-10-25(11-13-26)18-4-2-3-5-19(18)27;/h2-7,16,27H,8-15H2,1H3,(H,23,24);1H. The van der Waals surface area contributed by atoms with Crippen LogP contribution in [0.25, 0.3) is 0 Å². The van der Waals surface area contributed by atoms with Crippen LogP contribution in [-0.2, 0) is 6.42 Å². The van der Waals surface area contributed by atoms with Gasteiger partial charge < -0.3 is 29.7 Å². The highest BCUT2D eigenvalue weighted by Gasteiger charge is 2.21. The maximum Gasteiger partial charge on any atom is 0.193 e. The molecule has 8 heteroatoms. The van der Waals surface area contributed by atoms with Gasteiger partial charge in [-0.2, -0.15) is 0 Å². The number of hydrogen-bond donors (Lipinski definition) is 2. The summed E-state index contributed by atoms with van der Waals surface area (Å²) in [5.41, 5.74) is 2.11. The number of hydrogen-bond acceptors (Lipinski definition) is 5. The molecule has 30 heavy (non-hydrogen) atoms. The van der Waals surface area contributed by atoms with Crippen LogP contribution in [0.4, 0.5) is 5.69 Å². The quantitative estimate of drug-likeness (QED) is 0.365. The molecule has 0 saturated carbocycles. The van der Waals surface area contributed by atoms with Crippen LogP contribution in [0.1, 0.15) is 5.56 Å². The van der Waals surface area contributed by atoms with Crippen molar-refractivity contribution < 1.29 is 14.6 Å². The van der Waals surface area contributed by atoms with E-state index in [4.69, 9.17) is 9.47 Å². The third-order valence-electron chi connectivity index (χ3n) is 5.32. The van der Waals surface area contributed by atoms with Gasteiger partial charge in [0.15, 0.2) is 17.5 Å². The Hall–Kier alpha value is -2.36. The summed E-state index contributed by atoms with van der Waals surface area (Å²) in [4.78, 5) is 8.93. The van der Waals surface area contributed by atoms with Crippen molar-refractivity contribution in [3.63, 3.8) is 0 Å². The van der Waals surface area contributed by atoms with Crippen LogP contribution in [0.2, 0.25) is 0 Å². The van der Waals surface area contributed by atoms with Gasteiger partial charge in [-0.25, -0.2) is 0 Å². The first-order chi connectivity index (χ1) is 14.2. The fraction of sp³-hybridized carbons (Fsp3) is 0.409. The number of anilines is 1. The zero-order valence-corrected chi connectivity index (χ0v) is 19.5. The van der Waals surface area contributed by atoms with E-state index in [9.17, 15) is 5.11 Å². The molecule has 2 aromatic rings. The van der Waals surface area contributed by atoms with Crippen LogP contribution >= 0.6 is 24.0 Å². The van der Waals surface area contributed by atoms with Gasteiger partial charge in [0, 0.05) is 39.8 Å². The van der Waals surface area contributed by atoms with Crippen molar-refractivity contribution in [1.29, 1.82) is 0 Å². The predicted molar refractivity (Wildman–Crippen MR) is 130 cm³/mol. The van der Waals surface area contributed by atoms with Crippen molar-refractivity contribution in [1.82, 2.24) is 10.2 Å². The maximum atomic E-state index is 10.1. The summed E-state index contributed by atoms with van der Waals surface area (Å²) in [7, 11) is 1.82. The number of aliphatic imine (C=N–C) groups is 1. The third kappa shape index (κ3) is 5.21. The molecular weight excluding hydrogens is 495 g/mol. The molecule has 1 saturated heterocycles. The van der Waals surface area contributed by atoms with E-state index in [1.54, 1.807) is 6.07 Å². The topological polar surface area (TPSA) is 69.6 Å². The molecule has 0 radical (unpaired) electrons. The van der Waals surface area contributed by atoms with E-state index in [1.807, 2.05) is 31.3 Å². The van der Waals surface area contributed by atoms with Gasteiger partial charge in [0.1, 0.15) is 19.0 Å². The van der Waals surface area contributed by atoms with Gasteiger partial charge in [0.25, 0.3) is 0 Å². The number of nitrogens with zero attached hydrogens (tertiary/aromatic N) is 3. The molecule has 0 amide bonds. The number of ether oxygens (including phenoxy) is 2. The average Bonchev–Trinajstić information content (AvgIpc) is 2.77. The number of aromatic hydroxyl groups is 1. The SMILES string of the molecule is CN=C(NCCc1ccc2c(c1)OCCO2)N1CCN(c2ccccc2O)CC1.I. The molecule has 0 spiro atoms. The van der Waals surface area contributed by atoms with E-state index in [2.05, 4.69) is 32.2 Å². The zero-order chi connectivity index (χ0) is 20.1. The first-order valence-electron chi connectivity index (χ1n) is 10.1. The fourth-order valence-electron chi connectivity index (χ4n) is 3.78. The lowest BCUT2D eigenvalue weighted by atomic mass is 10.1. The Morgan fingerprint density at radius 3 is 2.50 bits per heavy atom. The van der Waals surface area contributed by atoms with Gasteiger partial charge in [0.05, 0.1) is 5.69 Å². The van der Waals surface area contributed by atoms with Crippen LogP contribution in [0, 0.1) is 0 Å². The molecule has 162 valence electrons. The molecule has 0 aromatic heterocycles. The molecule has 2 aliphatic rings. The smallest absolute Gasteiger partial charge is 0.193 e. The Morgan fingerprint density at radius 2 is 1.77 bits per heavy atom. The summed E-state index contributed by atoms with van der Waals surface area (Å²) in [6.07, 6.45) is 0.882. The molecule has 0 atom stereocenters. The van der Waals surface area contributed by atoms with Crippen molar-refractivity contribution in [2.24, 2.45) is 4.99 Å². The average molecular weight is 524 g/mol. The van der Waals surface area contributed by atoms with E-state index >= 15 is 0 Å². The normalized spacial score (nSPS) is 16.1. The molecule has 0 bridgehead atoms. The minimum absolute atomic E-state index is 0. The molecule has 2 N–H and O–H groups in total. The minimum atomic E-state index is 0. The summed E-state index contributed by atoms with van der Waals surface area (Å²) in [5, 5.41) is 13.5. The highest BCUT2D eigenvalue weighted by Crippen LogP contribution is 2.31. The molecule has 7 nitrogen and oxygen atoms in total. The molecule has 2 aliphatic heterocycles. The van der Waals surface area contributed by atoms with Gasteiger partial charge in [-0.05, 0) is 36.2 Å². The highest BCUT2D eigenvalue weighted by molar-refractivity contribution is 14.0. The maximum absolute atomic E-state index is 10.1. The largest absolute Gasteiger partial charge is 0.506 e. The van der Waals surface area contributed by atoms with Crippen molar-refractivity contribution in [2.75, 3.05) is 57.9 Å². The summed E-state index contributed by atoms with van der Waals surface area (Å²) in [6.45, 7) is 5.43. The van der Waals surface area contributed by atoms with Crippen molar-refractivity contribution in [3.8, 4) is 17.2 Å². The Kier molecular flexibility index (Phi) is 7.89. The number of guanidine groups is 1. The number of rotatable bonds is 4. The van der Waals surface area contributed by atoms with Crippen LogP contribution in [0.15, 0.2) is 47.5 Å². The van der Waals surface area contributed by atoms with Crippen LogP contribution in [0.3, 0.4) is 0 Å². The van der Waals surface area contributed by atoms with E-state index < -0.39 is 0 Å². The van der Waals surface area contributed by atoms with Gasteiger partial charge in [-0.15, -0.1) is 24.0 Å². The number of benzene rings is 2. The van der Waals surface area contributed by atoms with Gasteiger partial charge in [0.2, 0.25) is 0 Å². The minimum Gasteiger partial charge on any atom is -0.506 e. The first kappa shape index (κ1) is 22.3. The van der Waals surface area contributed by atoms with E-state index in [0.717, 1.165) is 62.3 Å². The van der Waals surface area contributed by atoms with Gasteiger partial charge >= 0.3 is 0 Å². The molecule has 4 rings (SSSR count). The van der Waals surface area contributed by atoms with Crippen LogP contribution in [0.5, 0.6) is 17.2 Å². The first-order valence-corrected chi connectivity index (χ1v) is 10.1. The number of piperazine rings is 1. The molecule has 2 aromatic carbocycles. The lowest BCUT2D eigenvalue weighted by Crippen LogP contribution is -2.52. The Balaban J connectivity index is 0.00000256. The summed E-state index contributed by atoms with van der Waals surface area (Å²) in [6, 6.07) is 13.6. The number of para-hydroxylation sites is 2. The molecule has 0 unspecified atom stereocenters. The Labute approximate surface area is 194 Å².